The van der Waals surface area contributed by atoms with Crippen molar-refractivity contribution in [2.24, 2.45) is 5.92 Å². The van der Waals surface area contributed by atoms with Gasteiger partial charge in [0.05, 0.1) is 6.61 Å². The van der Waals surface area contributed by atoms with Crippen molar-refractivity contribution >= 4 is 5.91 Å². The summed E-state index contributed by atoms with van der Waals surface area (Å²) in [4.78, 5) is 16.9. The molecule has 4 rings (SSSR count). The van der Waals surface area contributed by atoms with E-state index in [1.54, 1.807) is 0 Å². The van der Waals surface area contributed by atoms with E-state index in [0.29, 0.717) is 24.2 Å². The normalized spacial score (nSPS) is 14.1. The summed E-state index contributed by atoms with van der Waals surface area (Å²) in [6.07, 6.45) is 0.761. The van der Waals surface area contributed by atoms with Gasteiger partial charge in [-0.15, -0.1) is 0 Å². The molecule has 1 aliphatic rings. The van der Waals surface area contributed by atoms with Crippen LogP contribution in [0, 0.1) is 17.6 Å². The number of ether oxygens (including phenoxy) is 2. The summed E-state index contributed by atoms with van der Waals surface area (Å²) in [7, 11) is 0. The minimum Gasteiger partial charge on any atom is -0.489 e. The third-order valence-corrected chi connectivity index (χ3v) is 5.28. The lowest BCUT2D eigenvalue weighted by atomic mass is 10.2. The summed E-state index contributed by atoms with van der Waals surface area (Å²) in [5, 5.41) is 12.5. The fourth-order valence-corrected chi connectivity index (χ4v) is 3.26. The standard InChI is InChI=1S/C24H22F4N2O5/c1-12(31)21-20(22(32)29-10-15-4-6-16(25)9-17(15)26)30-23(35-21)14-5-7-18(34-24(27)28)19(8-14)33-11-13-2-3-13/h4-9,12-13,24,31H,2-3,10-11H2,1H3,(H,29,32)/t12-/m0/s1. The molecule has 1 heterocycles. The van der Waals surface area contributed by atoms with E-state index in [9.17, 15) is 27.5 Å². The second-order valence-electron chi connectivity index (χ2n) is 8.12. The Bertz CT molecular complexity index is 1210. The van der Waals surface area contributed by atoms with E-state index in [2.05, 4.69) is 15.0 Å². The van der Waals surface area contributed by atoms with Gasteiger partial charge in [0.2, 0.25) is 5.89 Å². The Morgan fingerprint density at radius 1 is 1.20 bits per heavy atom. The van der Waals surface area contributed by atoms with Crippen LogP contribution >= 0.6 is 0 Å². The molecule has 0 unspecified atom stereocenters. The average Bonchev–Trinajstić information content (AvgIpc) is 3.52. The van der Waals surface area contributed by atoms with E-state index in [-0.39, 0.29) is 41.0 Å². The Hall–Kier alpha value is -3.60. The molecule has 1 saturated carbocycles. The molecule has 0 radical (unpaired) electrons. The van der Waals surface area contributed by atoms with Gasteiger partial charge in [0, 0.05) is 23.7 Å². The van der Waals surface area contributed by atoms with Gasteiger partial charge in [0.25, 0.3) is 5.91 Å². The SMILES string of the molecule is C[C@H](O)c1oc(-c2ccc(OC(F)F)c(OCC3CC3)c2)nc1C(=O)NCc1ccc(F)cc1F. The predicted octanol–water partition coefficient (Wildman–Crippen LogP) is 4.99. The monoisotopic (exact) mass is 494 g/mol. The summed E-state index contributed by atoms with van der Waals surface area (Å²) in [5.41, 5.74) is 0.1000. The number of hydrogen-bond donors (Lipinski definition) is 2. The topological polar surface area (TPSA) is 93.8 Å². The fourth-order valence-electron chi connectivity index (χ4n) is 3.26. The fraction of sp³-hybridized carbons (Fsp3) is 0.333. The number of halogens is 4. The molecule has 1 aromatic heterocycles. The van der Waals surface area contributed by atoms with Crippen LogP contribution in [0.4, 0.5) is 17.6 Å². The number of carbonyl (C=O) groups is 1. The highest BCUT2D eigenvalue weighted by Crippen LogP contribution is 2.37. The number of hydrogen-bond acceptors (Lipinski definition) is 6. The molecule has 0 bridgehead atoms. The lowest BCUT2D eigenvalue weighted by Crippen LogP contribution is -2.25. The van der Waals surface area contributed by atoms with Crippen LogP contribution in [0.5, 0.6) is 11.5 Å². The molecule has 11 heteroatoms. The number of aliphatic hydroxyl groups is 1. The van der Waals surface area contributed by atoms with E-state index in [1.807, 2.05) is 0 Å². The number of rotatable bonds is 10. The molecule has 0 saturated heterocycles. The Morgan fingerprint density at radius 2 is 1.97 bits per heavy atom. The lowest BCUT2D eigenvalue weighted by Gasteiger charge is -2.12. The zero-order valence-electron chi connectivity index (χ0n) is 18.6. The zero-order valence-corrected chi connectivity index (χ0v) is 18.6. The van der Waals surface area contributed by atoms with Crippen LogP contribution in [0.1, 0.15) is 47.7 Å². The van der Waals surface area contributed by atoms with Gasteiger partial charge in [-0.05, 0) is 49.9 Å². The van der Waals surface area contributed by atoms with Crippen LogP contribution in [0.25, 0.3) is 11.5 Å². The van der Waals surface area contributed by atoms with Crippen molar-refractivity contribution < 1.29 is 41.4 Å². The number of nitrogens with one attached hydrogen (secondary N) is 1. The molecule has 0 spiro atoms. The molecule has 1 aliphatic carbocycles. The second kappa shape index (κ2) is 10.3. The summed E-state index contributed by atoms with van der Waals surface area (Å²) in [6.45, 7) is -1.61. The molecular weight excluding hydrogens is 472 g/mol. The molecule has 1 fully saturated rings. The largest absolute Gasteiger partial charge is 0.489 e. The first-order valence-electron chi connectivity index (χ1n) is 10.8. The number of carbonyl (C=O) groups excluding carboxylic acids is 1. The van der Waals surface area contributed by atoms with Gasteiger partial charge in [0.1, 0.15) is 17.7 Å². The summed E-state index contributed by atoms with van der Waals surface area (Å²) in [6, 6.07) is 7.02. The maximum Gasteiger partial charge on any atom is 0.387 e. The third kappa shape index (κ3) is 6.10. The first kappa shape index (κ1) is 24.5. The molecule has 186 valence electrons. The molecule has 7 nitrogen and oxygen atoms in total. The van der Waals surface area contributed by atoms with E-state index in [1.165, 1.54) is 31.2 Å². The van der Waals surface area contributed by atoms with Crippen molar-refractivity contribution in [2.75, 3.05) is 6.61 Å². The molecule has 1 atom stereocenters. The average molecular weight is 494 g/mol. The van der Waals surface area contributed by atoms with E-state index in [0.717, 1.165) is 18.9 Å². The number of aromatic nitrogens is 1. The van der Waals surface area contributed by atoms with Gasteiger partial charge in [-0.2, -0.15) is 8.78 Å². The van der Waals surface area contributed by atoms with Crippen molar-refractivity contribution in [1.82, 2.24) is 10.3 Å². The maximum atomic E-state index is 13.9. The number of amides is 1. The summed E-state index contributed by atoms with van der Waals surface area (Å²) < 4.78 is 68.3. The number of nitrogens with zero attached hydrogens (tertiary/aromatic N) is 1. The number of oxazole rings is 1. The smallest absolute Gasteiger partial charge is 0.387 e. The highest BCUT2D eigenvalue weighted by atomic mass is 19.3. The quantitative estimate of drug-likeness (QED) is 0.386. The van der Waals surface area contributed by atoms with Crippen LogP contribution < -0.4 is 14.8 Å². The Balaban J connectivity index is 1.58. The molecule has 35 heavy (non-hydrogen) atoms. The highest BCUT2D eigenvalue weighted by Gasteiger charge is 2.26. The number of alkyl halides is 2. The molecule has 1 amide bonds. The first-order chi connectivity index (χ1) is 16.7. The van der Waals surface area contributed by atoms with Crippen molar-refractivity contribution in [3.05, 3.63) is 65.1 Å². The highest BCUT2D eigenvalue weighted by molar-refractivity contribution is 5.93. The first-order valence-corrected chi connectivity index (χ1v) is 10.8. The maximum absolute atomic E-state index is 13.9. The van der Waals surface area contributed by atoms with E-state index >= 15 is 0 Å². The van der Waals surface area contributed by atoms with Crippen LogP contribution in [0.3, 0.4) is 0 Å². The van der Waals surface area contributed by atoms with Crippen molar-refractivity contribution in [3.63, 3.8) is 0 Å². The molecule has 0 aliphatic heterocycles. The summed E-state index contributed by atoms with van der Waals surface area (Å²) in [5.74, 6) is -2.31. The van der Waals surface area contributed by atoms with Gasteiger partial charge in [-0.1, -0.05) is 6.07 Å². The molecular formula is C24H22F4N2O5. The summed E-state index contributed by atoms with van der Waals surface area (Å²) >= 11 is 0. The van der Waals surface area contributed by atoms with E-state index < -0.39 is 30.3 Å². The van der Waals surface area contributed by atoms with Gasteiger partial charge in [-0.25, -0.2) is 13.8 Å². The third-order valence-electron chi connectivity index (χ3n) is 5.28. The van der Waals surface area contributed by atoms with Crippen LogP contribution in [-0.2, 0) is 6.54 Å². The van der Waals surface area contributed by atoms with Crippen molar-refractivity contribution in [1.29, 1.82) is 0 Å². The molecule has 2 N–H and O–H groups in total. The van der Waals surface area contributed by atoms with Gasteiger partial charge >= 0.3 is 6.61 Å². The Labute approximate surface area is 197 Å². The van der Waals surface area contributed by atoms with Gasteiger partial charge < -0.3 is 24.3 Å². The molecule has 3 aromatic rings. The van der Waals surface area contributed by atoms with E-state index in [4.69, 9.17) is 9.15 Å². The number of aliphatic hydroxyl groups excluding tert-OH is 1. The van der Waals surface area contributed by atoms with Crippen molar-refractivity contribution in [3.8, 4) is 23.0 Å². The minimum absolute atomic E-state index is 0.0501. The minimum atomic E-state index is -3.05. The zero-order chi connectivity index (χ0) is 25.1. The molecule has 2 aromatic carbocycles. The lowest BCUT2D eigenvalue weighted by molar-refractivity contribution is -0.0515. The Morgan fingerprint density at radius 3 is 2.63 bits per heavy atom. The number of benzene rings is 2. The van der Waals surface area contributed by atoms with Crippen LogP contribution in [0.15, 0.2) is 40.8 Å². The van der Waals surface area contributed by atoms with Crippen LogP contribution in [0.2, 0.25) is 0 Å². The predicted molar refractivity (Wildman–Crippen MR) is 115 cm³/mol. The Kier molecular flexibility index (Phi) is 7.25. The second-order valence-corrected chi connectivity index (χ2v) is 8.12. The van der Waals surface area contributed by atoms with Gasteiger partial charge in [0.15, 0.2) is 23.0 Å². The van der Waals surface area contributed by atoms with Crippen molar-refractivity contribution in [2.45, 2.75) is 39.0 Å². The van der Waals surface area contributed by atoms with Crippen LogP contribution in [-0.4, -0.2) is 29.2 Å². The van der Waals surface area contributed by atoms with Gasteiger partial charge in [-0.3, -0.25) is 4.79 Å².